The summed E-state index contributed by atoms with van der Waals surface area (Å²) in [5.74, 6) is 0.477. The minimum Gasteiger partial charge on any atom is -0.198 e. The Morgan fingerprint density at radius 2 is 1.87 bits per heavy atom. The van der Waals surface area contributed by atoms with E-state index < -0.39 is 0 Å². The van der Waals surface area contributed by atoms with E-state index in [1.54, 1.807) is 0 Å². The number of nitrogens with zero attached hydrogens (tertiary/aromatic N) is 1. The van der Waals surface area contributed by atoms with Gasteiger partial charge in [0.2, 0.25) is 0 Å². The molecule has 1 nitrogen and oxygen atoms in total. The highest BCUT2D eigenvalue weighted by atomic mass is 35.5. The van der Waals surface area contributed by atoms with Crippen molar-refractivity contribution in [1.29, 1.82) is 5.26 Å². The molecule has 0 fully saturated rings. The van der Waals surface area contributed by atoms with Gasteiger partial charge in [0, 0.05) is 11.8 Å². The van der Waals surface area contributed by atoms with E-state index in [0.29, 0.717) is 0 Å². The summed E-state index contributed by atoms with van der Waals surface area (Å²) in [5.41, 5.74) is 2.43. The van der Waals surface area contributed by atoms with Crippen LogP contribution in [0.15, 0.2) is 36.4 Å². The Kier molecular flexibility index (Phi) is 1.87. The molecule has 4 atom stereocenters. The number of halogens is 1. The number of benzene rings is 1. The van der Waals surface area contributed by atoms with Crippen molar-refractivity contribution in [2.24, 2.45) is 11.8 Å². The third kappa shape index (κ3) is 1.09. The molecule has 0 aromatic heterocycles. The molecule has 0 unspecified atom stereocenters. The van der Waals surface area contributed by atoms with Crippen LogP contribution in [0.5, 0.6) is 0 Å². The Hall–Kier alpha value is -1.26. The Labute approximate surface area is 94.0 Å². The molecule has 3 rings (SSSR count). The first-order valence-corrected chi connectivity index (χ1v) is 5.57. The molecule has 2 aliphatic rings. The molecule has 0 spiro atoms. The average Bonchev–Trinajstić information content (AvgIpc) is 2.65. The van der Waals surface area contributed by atoms with Crippen LogP contribution >= 0.6 is 11.6 Å². The molecule has 74 valence electrons. The van der Waals surface area contributed by atoms with E-state index in [4.69, 9.17) is 16.9 Å². The predicted molar refractivity (Wildman–Crippen MR) is 59.5 cm³/mol. The highest BCUT2D eigenvalue weighted by Gasteiger charge is 2.43. The van der Waals surface area contributed by atoms with Crippen molar-refractivity contribution in [1.82, 2.24) is 0 Å². The molecule has 0 heterocycles. The number of rotatable bonds is 0. The summed E-state index contributed by atoms with van der Waals surface area (Å²) in [7, 11) is 0. The molecule has 15 heavy (non-hydrogen) atoms. The van der Waals surface area contributed by atoms with Crippen LogP contribution in [0.4, 0.5) is 0 Å². The summed E-state index contributed by atoms with van der Waals surface area (Å²) in [5, 5.41) is 9.13. The lowest BCUT2D eigenvalue weighted by Gasteiger charge is -2.31. The standard InChI is InChI=1S/C13H10ClN/c14-13-10-4-2-1-3-8(10)9-5-6-11(13)12(9)7-15/h1-6,9,11-13H/t9-,11+,12-,13+/m0/s1. The van der Waals surface area contributed by atoms with Crippen molar-refractivity contribution in [3.05, 3.63) is 47.5 Å². The molecule has 0 saturated heterocycles. The van der Waals surface area contributed by atoms with Crippen molar-refractivity contribution in [2.75, 3.05) is 0 Å². The first-order valence-electron chi connectivity index (χ1n) is 5.14. The van der Waals surface area contributed by atoms with E-state index in [1.807, 2.05) is 12.1 Å². The monoisotopic (exact) mass is 215 g/mol. The predicted octanol–water partition coefficient (Wildman–Crippen LogP) is 3.39. The van der Waals surface area contributed by atoms with Crippen LogP contribution < -0.4 is 0 Å². The summed E-state index contributed by atoms with van der Waals surface area (Å²) in [6.45, 7) is 0. The molecule has 0 saturated carbocycles. The molecule has 2 bridgehead atoms. The zero-order valence-electron chi connectivity index (χ0n) is 8.10. The number of fused-ring (bicyclic) bond motifs is 4. The number of hydrogen-bond acceptors (Lipinski definition) is 1. The smallest absolute Gasteiger partial charge is 0.0672 e. The molecular weight excluding hydrogens is 206 g/mol. The van der Waals surface area contributed by atoms with E-state index in [1.165, 1.54) is 11.1 Å². The van der Waals surface area contributed by atoms with Gasteiger partial charge >= 0.3 is 0 Å². The van der Waals surface area contributed by atoms with Crippen molar-refractivity contribution >= 4 is 11.6 Å². The number of alkyl halides is 1. The fourth-order valence-electron chi connectivity index (χ4n) is 2.74. The van der Waals surface area contributed by atoms with Gasteiger partial charge in [-0.3, -0.25) is 0 Å². The Morgan fingerprint density at radius 1 is 1.13 bits per heavy atom. The number of hydrogen-bond donors (Lipinski definition) is 0. The number of nitriles is 1. The summed E-state index contributed by atoms with van der Waals surface area (Å²) >= 11 is 6.41. The second-order valence-corrected chi connectivity index (χ2v) is 4.64. The van der Waals surface area contributed by atoms with Gasteiger partial charge in [-0.05, 0) is 11.1 Å². The Morgan fingerprint density at radius 3 is 2.60 bits per heavy atom. The van der Waals surface area contributed by atoms with Crippen LogP contribution in [0.3, 0.4) is 0 Å². The van der Waals surface area contributed by atoms with E-state index in [0.717, 1.165) is 0 Å². The minimum absolute atomic E-state index is 0.0300. The molecular formula is C13H10ClN. The summed E-state index contributed by atoms with van der Waals surface area (Å²) in [4.78, 5) is 0. The second-order valence-electron chi connectivity index (χ2n) is 4.17. The van der Waals surface area contributed by atoms with Gasteiger partial charge in [-0.15, -0.1) is 11.6 Å². The van der Waals surface area contributed by atoms with Crippen LogP contribution in [-0.4, -0.2) is 0 Å². The maximum Gasteiger partial charge on any atom is 0.0672 e. The summed E-state index contributed by atoms with van der Waals surface area (Å²) in [6.07, 6.45) is 4.25. The molecule has 1 aromatic carbocycles. The summed E-state index contributed by atoms with van der Waals surface area (Å²) < 4.78 is 0. The first-order chi connectivity index (χ1) is 7.33. The van der Waals surface area contributed by atoms with Crippen LogP contribution in [0, 0.1) is 23.2 Å². The van der Waals surface area contributed by atoms with Gasteiger partial charge in [-0.1, -0.05) is 36.4 Å². The second kappa shape index (κ2) is 3.12. The lowest BCUT2D eigenvalue weighted by molar-refractivity contribution is 0.438. The van der Waals surface area contributed by atoms with Gasteiger partial charge in [-0.2, -0.15) is 5.26 Å². The quantitative estimate of drug-likeness (QED) is 0.481. The van der Waals surface area contributed by atoms with Gasteiger partial charge in [0.25, 0.3) is 0 Å². The zero-order valence-corrected chi connectivity index (χ0v) is 8.85. The van der Waals surface area contributed by atoms with E-state index in [-0.39, 0.29) is 23.1 Å². The van der Waals surface area contributed by atoms with Crippen LogP contribution in [-0.2, 0) is 0 Å². The van der Waals surface area contributed by atoms with Crippen LogP contribution in [0.25, 0.3) is 0 Å². The number of allylic oxidation sites excluding steroid dienone is 2. The molecule has 0 amide bonds. The van der Waals surface area contributed by atoms with Crippen LogP contribution in [0.2, 0.25) is 0 Å². The molecule has 0 N–H and O–H groups in total. The Balaban J connectivity index is 2.20. The molecule has 0 aliphatic heterocycles. The van der Waals surface area contributed by atoms with Crippen molar-refractivity contribution in [2.45, 2.75) is 11.3 Å². The topological polar surface area (TPSA) is 23.8 Å². The van der Waals surface area contributed by atoms with Crippen molar-refractivity contribution in [3.8, 4) is 6.07 Å². The van der Waals surface area contributed by atoms with Gasteiger partial charge in [0.05, 0.1) is 17.4 Å². The minimum atomic E-state index is -0.0409. The van der Waals surface area contributed by atoms with E-state index >= 15 is 0 Å². The normalized spacial score (nSPS) is 36.0. The third-order valence-corrected chi connectivity index (χ3v) is 4.01. The molecule has 2 heteroatoms. The summed E-state index contributed by atoms with van der Waals surface area (Å²) in [6, 6.07) is 10.6. The van der Waals surface area contributed by atoms with E-state index in [9.17, 15) is 0 Å². The lowest BCUT2D eigenvalue weighted by Crippen LogP contribution is -2.23. The van der Waals surface area contributed by atoms with Gasteiger partial charge in [-0.25, -0.2) is 0 Å². The average molecular weight is 216 g/mol. The molecule has 0 radical (unpaired) electrons. The zero-order chi connectivity index (χ0) is 10.4. The SMILES string of the molecule is N#C[C@@H]1[C@H]2C=C[C@H]1c1ccccc1[C@H]2Cl. The lowest BCUT2D eigenvalue weighted by atomic mass is 9.74. The molecule has 2 aliphatic carbocycles. The molecule has 1 aromatic rings. The maximum absolute atomic E-state index is 9.17. The highest BCUT2D eigenvalue weighted by Crippen LogP contribution is 2.52. The van der Waals surface area contributed by atoms with Crippen LogP contribution in [0.1, 0.15) is 22.4 Å². The Bertz CT molecular complexity index is 472. The van der Waals surface area contributed by atoms with Gasteiger partial charge < -0.3 is 0 Å². The van der Waals surface area contributed by atoms with Gasteiger partial charge in [0.1, 0.15) is 0 Å². The fraction of sp³-hybridized carbons (Fsp3) is 0.308. The largest absolute Gasteiger partial charge is 0.198 e. The van der Waals surface area contributed by atoms with Crippen molar-refractivity contribution < 1.29 is 0 Å². The fourth-order valence-corrected chi connectivity index (χ4v) is 3.18. The first kappa shape index (κ1) is 9.00. The van der Waals surface area contributed by atoms with E-state index in [2.05, 4.69) is 30.4 Å². The third-order valence-electron chi connectivity index (χ3n) is 3.48. The van der Waals surface area contributed by atoms with Gasteiger partial charge in [0.15, 0.2) is 0 Å². The highest BCUT2D eigenvalue weighted by molar-refractivity contribution is 6.21. The maximum atomic E-state index is 9.17. The van der Waals surface area contributed by atoms with Crippen molar-refractivity contribution in [3.63, 3.8) is 0 Å².